The minimum Gasteiger partial charge on any atom is -0.462 e. The predicted octanol–water partition coefficient (Wildman–Crippen LogP) is 8.87. The molecule has 0 N–H and O–H groups in total. The molecule has 0 spiro atoms. The minimum atomic E-state index is -0.691. The lowest BCUT2D eigenvalue weighted by Gasteiger charge is -2.73. The van der Waals surface area contributed by atoms with Gasteiger partial charge in [-0.3, -0.25) is 14.5 Å². The second-order valence-electron chi connectivity index (χ2n) is 21.0. The molecule has 280 valence electrons. The van der Waals surface area contributed by atoms with Crippen molar-refractivity contribution in [2.24, 2.45) is 62.1 Å². The second kappa shape index (κ2) is 12.4. The van der Waals surface area contributed by atoms with E-state index in [9.17, 15) is 14.4 Å². The van der Waals surface area contributed by atoms with E-state index < -0.39 is 5.41 Å². The van der Waals surface area contributed by atoms with Crippen molar-refractivity contribution in [3.05, 3.63) is 12.2 Å². The lowest BCUT2D eigenvalue weighted by molar-refractivity contribution is -0.250. The Bertz CT molecular complexity index is 1380. The van der Waals surface area contributed by atoms with Crippen LogP contribution in [0.2, 0.25) is 0 Å². The maximum Gasteiger partial charge on any atom is 0.307 e. The Hall–Kier alpha value is -1.69. The summed E-state index contributed by atoms with van der Waals surface area (Å²) in [7, 11) is 0. The zero-order chi connectivity index (χ0) is 36.1. The molecule has 1 saturated heterocycles. The van der Waals surface area contributed by atoms with Gasteiger partial charge < -0.3 is 14.4 Å². The summed E-state index contributed by atoms with van der Waals surface area (Å²) in [5.41, 5.74) is 1.34. The number of allylic oxidation sites excluding steroid dienone is 1. The quantitative estimate of drug-likeness (QED) is 0.145. The highest BCUT2D eigenvalue weighted by atomic mass is 16.5. The summed E-state index contributed by atoms with van der Waals surface area (Å²) in [5, 5.41) is 0. The molecule has 0 aromatic carbocycles. The van der Waals surface area contributed by atoms with Gasteiger partial charge in [0.05, 0.1) is 6.42 Å². The number of hydrogen-bond acceptors (Lipinski definition) is 5. The Morgan fingerprint density at radius 2 is 1.52 bits per heavy atom. The first-order valence-corrected chi connectivity index (χ1v) is 20.7. The van der Waals surface area contributed by atoms with Crippen molar-refractivity contribution >= 4 is 18.2 Å². The molecule has 1 heterocycles. The zero-order valence-electron chi connectivity index (χ0n) is 33.1. The summed E-state index contributed by atoms with van der Waals surface area (Å²) in [4.78, 5) is 43.6. The van der Waals surface area contributed by atoms with Gasteiger partial charge in [-0.15, -0.1) is 0 Å². The van der Waals surface area contributed by atoms with E-state index in [2.05, 4.69) is 57.9 Å². The molecule has 0 aromatic rings. The van der Waals surface area contributed by atoms with Gasteiger partial charge in [-0.2, -0.15) is 0 Å². The third kappa shape index (κ3) is 5.69. The standard InChI is InChI=1S/C44H70N2O4/c1-29(2)31-14-19-44(26-36(48)46-24-22-45(23-25-46)30-10-11-30)21-20-42(8)32(38(31)44)12-13-34-41(7)17-16-35(50-37(49)27-39(3,4)28-47)40(5,6)33(41)15-18-43(34,42)9/h28,30-35,38H,1,10-27H2,2-9H3/t31-,32?,33-,34+,35?,38+,41-,42+,43?,44+/m0/s1. The number of piperazine rings is 1. The molecule has 6 aliphatic carbocycles. The lowest BCUT2D eigenvalue weighted by Crippen LogP contribution is -2.67. The molecule has 0 aromatic heterocycles. The van der Waals surface area contributed by atoms with Gasteiger partial charge in [0.15, 0.2) is 0 Å². The van der Waals surface area contributed by atoms with Crippen LogP contribution in [0, 0.1) is 62.1 Å². The molecule has 3 unspecified atom stereocenters. The molecule has 10 atom stereocenters. The van der Waals surface area contributed by atoms with Crippen molar-refractivity contribution in [3.63, 3.8) is 0 Å². The van der Waals surface area contributed by atoms with E-state index in [1.54, 1.807) is 0 Å². The highest BCUT2D eigenvalue weighted by Crippen LogP contribution is 2.78. The Morgan fingerprint density at radius 1 is 0.820 bits per heavy atom. The third-order valence-corrected chi connectivity index (χ3v) is 17.6. The molecule has 1 aliphatic heterocycles. The number of hydrogen-bond donors (Lipinski definition) is 0. The predicted molar refractivity (Wildman–Crippen MR) is 199 cm³/mol. The number of carbonyl (C=O) groups is 3. The van der Waals surface area contributed by atoms with E-state index in [4.69, 9.17) is 4.74 Å². The molecular formula is C44H70N2O4. The van der Waals surface area contributed by atoms with Crippen LogP contribution in [0.4, 0.5) is 0 Å². The SMILES string of the molecule is C=C(C)[C@@H]1CC[C@]2(CC(=O)N3CCN(C4CC4)CC3)CC[C@]3(C)C(CC[C@H]4C3(C)CC[C@H]3C(C)(C)C(OC(=O)CC(C)(C)C=O)CC[C@@]34C)[C@@H]12. The molecule has 6 nitrogen and oxygen atoms in total. The van der Waals surface area contributed by atoms with Crippen molar-refractivity contribution in [1.29, 1.82) is 0 Å². The Balaban J connectivity index is 1.11. The first-order chi connectivity index (χ1) is 23.4. The number of esters is 1. The van der Waals surface area contributed by atoms with E-state index >= 15 is 0 Å². The highest BCUT2D eigenvalue weighted by molar-refractivity contribution is 5.77. The molecule has 1 amide bonds. The monoisotopic (exact) mass is 691 g/mol. The highest BCUT2D eigenvalue weighted by Gasteiger charge is 2.71. The summed E-state index contributed by atoms with van der Waals surface area (Å²) >= 11 is 0. The summed E-state index contributed by atoms with van der Waals surface area (Å²) < 4.78 is 6.25. The van der Waals surface area contributed by atoms with E-state index in [0.29, 0.717) is 35.5 Å². The number of carbonyl (C=O) groups excluding carboxylic acids is 3. The van der Waals surface area contributed by atoms with Gasteiger partial charge in [0.25, 0.3) is 0 Å². The number of amides is 1. The number of aldehydes is 1. The van der Waals surface area contributed by atoms with Gasteiger partial charge in [-0.25, -0.2) is 0 Å². The van der Waals surface area contributed by atoms with Crippen molar-refractivity contribution in [3.8, 4) is 0 Å². The Kier molecular flexibility index (Phi) is 9.12. The normalized spacial score (nSPS) is 44.3. The molecule has 0 bridgehead atoms. The van der Waals surface area contributed by atoms with Crippen LogP contribution in [-0.2, 0) is 19.1 Å². The summed E-state index contributed by atoms with van der Waals surface area (Å²) in [6, 6.07) is 0.789. The van der Waals surface area contributed by atoms with Crippen LogP contribution in [0.1, 0.15) is 145 Å². The van der Waals surface area contributed by atoms with Gasteiger partial charge in [-0.1, -0.05) is 60.6 Å². The van der Waals surface area contributed by atoms with Gasteiger partial charge >= 0.3 is 5.97 Å². The van der Waals surface area contributed by atoms with Crippen LogP contribution in [0.25, 0.3) is 0 Å². The van der Waals surface area contributed by atoms with Gasteiger partial charge in [-0.05, 0) is 135 Å². The van der Waals surface area contributed by atoms with Crippen LogP contribution < -0.4 is 0 Å². The second-order valence-corrected chi connectivity index (χ2v) is 21.0. The molecule has 6 saturated carbocycles. The molecule has 7 aliphatic rings. The largest absolute Gasteiger partial charge is 0.462 e. The number of ether oxygens (including phenoxy) is 1. The molecule has 6 heteroatoms. The molecule has 7 rings (SSSR count). The van der Waals surface area contributed by atoms with Crippen molar-refractivity contribution < 1.29 is 19.1 Å². The first kappa shape index (κ1) is 36.7. The van der Waals surface area contributed by atoms with E-state index in [1.165, 1.54) is 69.8 Å². The van der Waals surface area contributed by atoms with E-state index in [-0.39, 0.29) is 45.6 Å². The van der Waals surface area contributed by atoms with E-state index in [1.807, 2.05) is 13.8 Å². The molecule has 0 radical (unpaired) electrons. The average Bonchev–Trinajstić information content (AvgIpc) is 3.83. The van der Waals surface area contributed by atoms with Gasteiger partial charge in [0.2, 0.25) is 5.91 Å². The molecular weight excluding hydrogens is 620 g/mol. The maximum absolute atomic E-state index is 14.2. The van der Waals surface area contributed by atoms with Gasteiger partial charge in [0.1, 0.15) is 12.4 Å². The molecule has 50 heavy (non-hydrogen) atoms. The summed E-state index contributed by atoms with van der Waals surface area (Å²) in [5.74, 6) is 3.05. The minimum absolute atomic E-state index is 0.105. The fourth-order valence-corrected chi connectivity index (χ4v) is 14.6. The van der Waals surface area contributed by atoms with E-state index in [0.717, 1.165) is 57.8 Å². The maximum atomic E-state index is 14.2. The van der Waals surface area contributed by atoms with Crippen molar-refractivity contribution in [1.82, 2.24) is 9.80 Å². The van der Waals surface area contributed by atoms with Crippen molar-refractivity contribution in [2.75, 3.05) is 26.2 Å². The third-order valence-electron chi connectivity index (χ3n) is 17.6. The number of fused-ring (bicyclic) bond motifs is 7. The lowest BCUT2D eigenvalue weighted by atomic mass is 9.32. The first-order valence-electron chi connectivity index (χ1n) is 20.7. The fraction of sp³-hybridized carbons (Fsp3) is 0.886. The summed E-state index contributed by atoms with van der Waals surface area (Å²) in [6.07, 6.45) is 16.1. The fourth-order valence-electron chi connectivity index (χ4n) is 14.6. The van der Waals surface area contributed by atoms with Crippen LogP contribution in [0.15, 0.2) is 12.2 Å². The topological polar surface area (TPSA) is 66.9 Å². The van der Waals surface area contributed by atoms with Crippen LogP contribution in [0.5, 0.6) is 0 Å². The van der Waals surface area contributed by atoms with Crippen molar-refractivity contribution in [2.45, 2.75) is 157 Å². The number of rotatable bonds is 8. The van der Waals surface area contributed by atoms with Crippen LogP contribution in [-0.4, -0.2) is 66.3 Å². The number of nitrogens with zero attached hydrogens (tertiary/aromatic N) is 2. The van der Waals surface area contributed by atoms with Crippen LogP contribution in [0.3, 0.4) is 0 Å². The van der Waals surface area contributed by atoms with Crippen LogP contribution >= 0.6 is 0 Å². The Morgan fingerprint density at radius 3 is 2.16 bits per heavy atom. The molecule has 7 fully saturated rings. The summed E-state index contributed by atoms with van der Waals surface area (Å²) in [6.45, 7) is 27.2. The van der Waals surface area contributed by atoms with Gasteiger partial charge in [0, 0.05) is 49.5 Å². The smallest absolute Gasteiger partial charge is 0.307 e. The zero-order valence-corrected chi connectivity index (χ0v) is 33.1. The Labute approximate surface area is 304 Å². The average molecular weight is 691 g/mol.